The van der Waals surface area contributed by atoms with Crippen molar-refractivity contribution in [3.8, 4) is 11.1 Å². The Bertz CT molecular complexity index is 1520. The summed E-state index contributed by atoms with van der Waals surface area (Å²) in [5, 5.41) is 4.09. The van der Waals surface area contributed by atoms with Crippen molar-refractivity contribution < 1.29 is 27.6 Å². The van der Waals surface area contributed by atoms with Crippen LogP contribution in [-0.2, 0) is 14.3 Å². The number of morpholine rings is 1. The van der Waals surface area contributed by atoms with Gasteiger partial charge in [0.25, 0.3) is 5.91 Å². The quantitative estimate of drug-likeness (QED) is 0.320. The lowest BCUT2D eigenvalue weighted by molar-refractivity contribution is -0.127. The van der Waals surface area contributed by atoms with Crippen LogP contribution in [-0.4, -0.2) is 47.0 Å². The van der Waals surface area contributed by atoms with Crippen molar-refractivity contribution in [2.24, 2.45) is 0 Å². The Labute approximate surface area is 224 Å². The first-order chi connectivity index (χ1) is 18.9. The van der Waals surface area contributed by atoms with Gasteiger partial charge in [-0.05, 0) is 69.4 Å². The first-order valence-corrected chi connectivity index (χ1v) is 13.2. The van der Waals surface area contributed by atoms with Gasteiger partial charge in [-0.3, -0.25) is 9.69 Å². The van der Waals surface area contributed by atoms with Crippen molar-refractivity contribution in [1.29, 1.82) is 0 Å². The molecule has 10 heteroatoms. The van der Waals surface area contributed by atoms with Crippen LogP contribution in [0, 0.1) is 25.5 Å². The summed E-state index contributed by atoms with van der Waals surface area (Å²) in [6, 6.07) is 9.11. The second kappa shape index (κ2) is 10.2. The fourth-order valence-corrected chi connectivity index (χ4v) is 6.05. The van der Waals surface area contributed by atoms with Crippen molar-refractivity contribution in [3.63, 3.8) is 0 Å². The van der Waals surface area contributed by atoms with Gasteiger partial charge >= 0.3 is 0 Å². The Morgan fingerprint density at radius 3 is 2.51 bits per heavy atom. The third-order valence-electron chi connectivity index (χ3n) is 7.94. The Hall–Kier alpha value is -3.63. The summed E-state index contributed by atoms with van der Waals surface area (Å²) in [7, 11) is 1.74. The fourth-order valence-electron chi connectivity index (χ4n) is 6.05. The zero-order chi connectivity index (χ0) is 27.3. The summed E-state index contributed by atoms with van der Waals surface area (Å²) < 4.78 is 46.9. The van der Waals surface area contributed by atoms with E-state index in [4.69, 9.17) is 19.0 Å². The van der Waals surface area contributed by atoms with Crippen LogP contribution in [0.4, 0.5) is 14.5 Å². The van der Waals surface area contributed by atoms with Crippen LogP contribution in [0.1, 0.15) is 55.0 Å². The van der Waals surface area contributed by atoms with Crippen LogP contribution in [0.25, 0.3) is 22.2 Å². The minimum atomic E-state index is -1.01. The Kier molecular flexibility index (Phi) is 6.68. The van der Waals surface area contributed by atoms with Crippen molar-refractivity contribution in [3.05, 3.63) is 65.3 Å². The normalized spacial score (nSPS) is 22.1. The number of hydrogen-bond donors (Lipinski definition) is 0. The molecule has 1 saturated carbocycles. The van der Waals surface area contributed by atoms with Gasteiger partial charge in [0.05, 0.1) is 29.4 Å². The molecule has 1 saturated heterocycles. The number of fused-ring (bicyclic) bond motifs is 1. The molecule has 4 aromatic rings. The number of ether oxygens (including phenoxy) is 2. The summed E-state index contributed by atoms with van der Waals surface area (Å²) in [6.07, 6.45) is 3.79. The lowest BCUT2D eigenvalue weighted by atomic mass is 9.92. The summed E-state index contributed by atoms with van der Waals surface area (Å²) in [5.74, 6) is -0.943. The molecular formula is C29H30F2N4O4. The summed E-state index contributed by atoms with van der Waals surface area (Å²) in [4.78, 5) is 19.7. The molecular weight excluding hydrogens is 506 g/mol. The van der Waals surface area contributed by atoms with E-state index in [0.29, 0.717) is 5.82 Å². The third-order valence-corrected chi connectivity index (χ3v) is 7.94. The van der Waals surface area contributed by atoms with E-state index in [2.05, 4.69) is 9.72 Å². The highest BCUT2D eigenvalue weighted by atomic mass is 19.2. The molecule has 6 rings (SSSR count). The van der Waals surface area contributed by atoms with Gasteiger partial charge in [0.15, 0.2) is 11.6 Å². The molecule has 1 amide bonds. The number of anilines is 1. The van der Waals surface area contributed by atoms with Crippen LogP contribution in [0.3, 0.4) is 0 Å². The SMILES string of the molecule is CO[C@H]1CC[C@H](n2c([C@H]3COCC(=O)N3c3ccc(F)c(F)c3)nc3cc(-c4c(C)noc4C)ccc32)CC1. The number of aryl methyl sites for hydroxylation is 2. The number of amides is 1. The summed E-state index contributed by atoms with van der Waals surface area (Å²) in [5.41, 5.74) is 4.62. The molecule has 2 aliphatic rings. The lowest BCUT2D eigenvalue weighted by Crippen LogP contribution is -2.45. The van der Waals surface area contributed by atoms with E-state index in [9.17, 15) is 13.6 Å². The van der Waals surface area contributed by atoms with Gasteiger partial charge in [-0.15, -0.1) is 0 Å². The molecule has 0 N–H and O–H groups in total. The van der Waals surface area contributed by atoms with E-state index in [1.54, 1.807) is 7.11 Å². The van der Waals surface area contributed by atoms with E-state index in [0.717, 1.165) is 71.4 Å². The molecule has 2 fully saturated rings. The number of rotatable bonds is 5. The zero-order valence-electron chi connectivity index (χ0n) is 22.1. The minimum Gasteiger partial charge on any atom is -0.381 e. The van der Waals surface area contributed by atoms with Crippen molar-refractivity contribution in [2.45, 2.75) is 57.7 Å². The highest BCUT2D eigenvalue weighted by molar-refractivity contribution is 5.96. The average molecular weight is 537 g/mol. The smallest absolute Gasteiger partial charge is 0.253 e. The minimum absolute atomic E-state index is 0.130. The number of imidazole rings is 1. The zero-order valence-corrected chi connectivity index (χ0v) is 22.1. The first-order valence-electron chi connectivity index (χ1n) is 13.2. The highest BCUT2D eigenvalue weighted by Crippen LogP contribution is 2.40. The second-order valence-corrected chi connectivity index (χ2v) is 10.3. The van der Waals surface area contributed by atoms with Crippen LogP contribution in [0.5, 0.6) is 0 Å². The molecule has 1 atom stereocenters. The van der Waals surface area contributed by atoms with Gasteiger partial charge in [-0.2, -0.15) is 0 Å². The van der Waals surface area contributed by atoms with Crippen molar-refractivity contribution in [1.82, 2.24) is 14.7 Å². The Balaban J connectivity index is 1.50. The maximum Gasteiger partial charge on any atom is 0.253 e. The van der Waals surface area contributed by atoms with E-state index >= 15 is 0 Å². The topological polar surface area (TPSA) is 82.6 Å². The van der Waals surface area contributed by atoms with Gasteiger partial charge in [0.2, 0.25) is 0 Å². The second-order valence-electron chi connectivity index (χ2n) is 10.3. The number of benzene rings is 2. The van der Waals surface area contributed by atoms with Gasteiger partial charge in [-0.25, -0.2) is 13.8 Å². The van der Waals surface area contributed by atoms with Crippen LogP contribution >= 0.6 is 0 Å². The predicted octanol–water partition coefficient (Wildman–Crippen LogP) is 5.82. The third kappa shape index (κ3) is 4.51. The van der Waals surface area contributed by atoms with Crippen molar-refractivity contribution >= 4 is 22.6 Å². The number of aromatic nitrogens is 3. The molecule has 0 spiro atoms. The van der Waals surface area contributed by atoms with E-state index in [1.807, 2.05) is 32.0 Å². The molecule has 0 bridgehead atoms. The van der Waals surface area contributed by atoms with Gasteiger partial charge in [-0.1, -0.05) is 11.2 Å². The van der Waals surface area contributed by atoms with Crippen LogP contribution in [0.15, 0.2) is 40.9 Å². The first kappa shape index (κ1) is 25.6. The molecule has 0 unspecified atom stereocenters. The maximum absolute atomic E-state index is 14.3. The molecule has 8 nitrogen and oxygen atoms in total. The number of nitrogens with zero attached hydrogens (tertiary/aromatic N) is 4. The largest absolute Gasteiger partial charge is 0.381 e. The molecule has 1 aliphatic heterocycles. The number of carbonyl (C=O) groups excluding carboxylic acids is 1. The number of carbonyl (C=O) groups is 1. The molecule has 1 aliphatic carbocycles. The van der Waals surface area contributed by atoms with Crippen molar-refractivity contribution in [2.75, 3.05) is 25.2 Å². The number of hydrogen-bond acceptors (Lipinski definition) is 6. The molecule has 0 radical (unpaired) electrons. The van der Waals surface area contributed by atoms with E-state index in [1.165, 1.54) is 11.0 Å². The molecule has 3 heterocycles. The predicted molar refractivity (Wildman–Crippen MR) is 140 cm³/mol. The number of halogens is 2. The summed E-state index contributed by atoms with van der Waals surface area (Å²) in [6.45, 7) is 3.81. The Morgan fingerprint density at radius 2 is 1.82 bits per heavy atom. The van der Waals surface area contributed by atoms with Gasteiger partial charge in [0, 0.05) is 30.5 Å². The highest BCUT2D eigenvalue weighted by Gasteiger charge is 2.37. The molecule has 39 heavy (non-hydrogen) atoms. The Morgan fingerprint density at radius 1 is 1.03 bits per heavy atom. The average Bonchev–Trinajstić information content (AvgIpc) is 3.48. The lowest BCUT2D eigenvalue weighted by Gasteiger charge is -2.37. The monoisotopic (exact) mass is 536 g/mol. The standard InChI is InChI=1S/C29H30F2N4O4/c1-16-28(17(2)39-33-16)18-4-11-25-24(12-18)32-29(35(25)19-5-8-21(37-3)9-6-19)26-14-38-15-27(36)34(26)20-7-10-22(30)23(31)13-20/h4,7,10-13,19,21,26H,5-6,8-9,14-15H2,1-3H3/t19-,21-,26-/m1/s1. The van der Waals surface area contributed by atoms with E-state index in [-0.39, 0.29) is 37.0 Å². The molecule has 2 aromatic carbocycles. The fraction of sp³-hybridized carbons (Fsp3) is 0.414. The summed E-state index contributed by atoms with van der Waals surface area (Å²) >= 11 is 0. The van der Waals surface area contributed by atoms with Crippen LogP contribution < -0.4 is 4.90 Å². The van der Waals surface area contributed by atoms with Crippen LogP contribution in [0.2, 0.25) is 0 Å². The maximum atomic E-state index is 14.3. The van der Waals surface area contributed by atoms with Gasteiger partial charge < -0.3 is 18.6 Å². The molecule has 204 valence electrons. The van der Waals surface area contributed by atoms with E-state index < -0.39 is 17.7 Å². The number of methoxy groups -OCH3 is 1. The van der Waals surface area contributed by atoms with Gasteiger partial charge in [0.1, 0.15) is 24.2 Å². The molecule has 2 aromatic heterocycles.